The average Bonchev–Trinajstić information content (AvgIpc) is 2.69. The second-order valence-corrected chi connectivity index (χ2v) is 9.67. The Morgan fingerprint density at radius 3 is 2.14 bits per heavy atom. The molecule has 1 unspecified atom stereocenters. The largest absolute Gasteiger partial charge is 0.497 e. The van der Waals surface area contributed by atoms with Gasteiger partial charge in [-0.2, -0.15) is 0 Å². The van der Waals surface area contributed by atoms with Crippen LogP contribution in [0.1, 0.15) is 69.9 Å². The molecule has 0 radical (unpaired) electrons. The van der Waals surface area contributed by atoms with E-state index in [1.165, 1.54) is 38.5 Å². The van der Waals surface area contributed by atoms with Gasteiger partial charge in [0.1, 0.15) is 5.75 Å². The number of amides is 2. The molecule has 5 nitrogen and oxygen atoms in total. The molecule has 158 valence electrons. The molecule has 4 fully saturated rings. The van der Waals surface area contributed by atoms with E-state index in [9.17, 15) is 9.59 Å². The molecular formula is C24H34N2O3. The third kappa shape index (κ3) is 4.59. The average molecular weight is 399 g/mol. The molecule has 4 bridgehead atoms. The number of hydrogen-bond acceptors (Lipinski definition) is 3. The van der Waals surface area contributed by atoms with Gasteiger partial charge in [-0.15, -0.1) is 0 Å². The fourth-order valence-corrected chi connectivity index (χ4v) is 6.59. The predicted octanol–water partition coefficient (Wildman–Crippen LogP) is 3.99. The van der Waals surface area contributed by atoms with E-state index in [2.05, 4.69) is 10.6 Å². The van der Waals surface area contributed by atoms with Crippen LogP contribution in [0.4, 0.5) is 0 Å². The standard InChI is InChI=1S/C24H34N2O3/c1-3-21(19-4-6-20(29-2)7-5-19)26-23(28)15-25-22(27)14-24-11-16-8-17(12-24)10-18(9-16)13-24/h4-7,16-18,21H,3,8-15H2,1-2H3,(H,25,27)(H,26,28). The van der Waals surface area contributed by atoms with Crippen molar-refractivity contribution < 1.29 is 14.3 Å². The minimum Gasteiger partial charge on any atom is -0.497 e. The van der Waals surface area contributed by atoms with Crippen LogP contribution in [0.2, 0.25) is 0 Å². The van der Waals surface area contributed by atoms with Gasteiger partial charge in [0.2, 0.25) is 11.8 Å². The number of benzene rings is 1. The van der Waals surface area contributed by atoms with Crippen LogP contribution in [0.25, 0.3) is 0 Å². The molecular weight excluding hydrogens is 364 g/mol. The molecule has 4 aliphatic rings. The smallest absolute Gasteiger partial charge is 0.239 e. The second-order valence-electron chi connectivity index (χ2n) is 9.67. The first kappa shape index (κ1) is 20.2. The van der Waals surface area contributed by atoms with Crippen molar-refractivity contribution in [3.63, 3.8) is 0 Å². The molecule has 1 aromatic rings. The number of rotatable bonds is 8. The van der Waals surface area contributed by atoms with E-state index in [1.807, 2.05) is 31.2 Å². The van der Waals surface area contributed by atoms with E-state index in [4.69, 9.17) is 4.74 Å². The Hall–Kier alpha value is -2.04. The molecule has 5 rings (SSSR count). The minimum atomic E-state index is -0.133. The maximum absolute atomic E-state index is 12.6. The molecule has 0 heterocycles. The van der Waals surface area contributed by atoms with Crippen LogP contribution in [0.5, 0.6) is 5.75 Å². The maximum atomic E-state index is 12.6. The molecule has 1 aromatic carbocycles. The monoisotopic (exact) mass is 398 g/mol. The van der Waals surface area contributed by atoms with Crippen LogP contribution >= 0.6 is 0 Å². The topological polar surface area (TPSA) is 67.4 Å². The predicted molar refractivity (Wildman–Crippen MR) is 112 cm³/mol. The van der Waals surface area contributed by atoms with Crippen LogP contribution in [-0.2, 0) is 9.59 Å². The summed E-state index contributed by atoms with van der Waals surface area (Å²) >= 11 is 0. The molecule has 0 aromatic heterocycles. The van der Waals surface area contributed by atoms with Crippen molar-refractivity contribution in [3.8, 4) is 5.75 Å². The number of carbonyl (C=O) groups excluding carboxylic acids is 2. The zero-order valence-corrected chi connectivity index (χ0v) is 17.7. The number of hydrogen-bond donors (Lipinski definition) is 2. The zero-order chi connectivity index (χ0) is 20.4. The summed E-state index contributed by atoms with van der Waals surface area (Å²) in [4.78, 5) is 25.0. The first-order valence-corrected chi connectivity index (χ1v) is 11.2. The lowest BCUT2D eigenvalue weighted by Gasteiger charge is -2.56. The minimum absolute atomic E-state index is 0.0413. The highest BCUT2D eigenvalue weighted by Gasteiger charge is 2.51. The van der Waals surface area contributed by atoms with E-state index in [0.717, 1.165) is 35.5 Å². The highest BCUT2D eigenvalue weighted by Crippen LogP contribution is 2.61. The van der Waals surface area contributed by atoms with E-state index >= 15 is 0 Å². The van der Waals surface area contributed by atoms with Gasteiger partial charge in [-0.25, -0.2) is 0 Å². The maximum Gasteiger partial charge on any atom is 0.239 e. The summed E-state index contributed by atoms with van der Waals surface area (Å²) in [6.07, 6.45) is 9.18. The fourth-order valence-electron chi connectivity index (χ4n) is 6.59. The fraction of sp³-hybridized carbons (Fsp3) is 0.667. The third-order valence-corrected chi connectivity index (χ3v) is 7.41. The lowest BCUT2D eigenvalue weighted by Crippen LogP contribution is -2.48. The number of methoxy groups -OCH3 is 1. The van der Waals surface area contributed by atoms with Crippen LogP contribution in [0.3, 0.4) is 0 Å². The summed E-state index contributed by atoms with van der Waals surface area (Å²) in [5, 5.41) is 5.93. The lowest BCUT2D eigenvalue weighted by atomic mass is 9.49. The van der Waals surface area contributed by atoms with Crippen molar-refractivity contribution in [2.75, 3.05) is 13.7 Å². The summed E-state index contributed by atoms with van der Waals surface area (Å²) in [5.41, 5.74) is 1.26. The van der Waals surface area contributed by atoms with E-state index in [0.29, 0.717) is 6.42 Å². The Morgan fingerprint density at radius 2 is 1.62 bits per heavy atom. The van der Waals surface area contributed by atoms with Gasteiger partial charge in [-0.05, 0) is 85.8 Å². The van der Waals surface area contributed by atoms with Crippen LogP contribution in [-0.4, -0.2) is 25.5 Å². The Labute approximate surface area is 174 Å². The Bertz CT molecular complexity index is 708. The molecule has 4 aliphatic carbocycles. The van der Waals surface area contributed by atoms with Crippen molar-refractivity contribution >= 4 is 11.8 Å². The van der Waals surface area contributed by atoms with Gasteiger partial charge in [-0.1, -0.05) is 19.1 Å². The quantitative estimate of drug-likeness (QED) is 0.696. The lowest BCUT2D eigenvalue weighted by molar-refractivity contribution is -0.132. The van der Waals surface area contributed by atoms with Crippen molar-refractivity contribution in [2.24, 2.45) is 23.2 Å². The highest BCUT2D eigenvalue weighted by atomic mass is 16.5. The van der Waals surface area contributed by atoms with Crippen LogP contribution in [0, 0.1) is 23.2 Å². The van der Waals surface area contributed by atoms with Crippen molar-refractivity contribution in [1.82, 2.24) is 10.6 Å². The first-order chi connectivity index (χ1) is 14.0. The molecule has 0 spiro atoms. The summed E-state index contributed by atoms with van der Waals surface area (Å²) in [7, 11) is 1.64. The molecule has 2 amide bonds. The summed E-state index contributed by atoms with van der Waals surface area (Å²) in [5.74, 6) is 3.23. The molecule has 0 aliphatic heterocycles. The van der Waals surface area contributed by atoms with Gasteiger partial charge in [0.05, 0.1) is 19.7 Å². The van der Waals surface area contributed by atoms with E-state index in [-0.39, 0.29) is 29.8 Å². The summed E-state index contributed by atoms with van der Waals surface area (Å²) in [6.45, 7) is 2.10. The molecule has 4 saturated carbocycles. The number of carbonyl (C=O) groups is 2. The Kier molecular flexibility index (Phi) is 5.84. The Balaban J connectivity index is 1.26. The van der Waals surface area contributed by atoms with Gasteiger partial charge >= 0.3 is 0 Å². The molecule has 5 heteroatoms. The van der Waals surface area contributed by atoms with Crippen molar-refractivity contribution in [3.05, 3.63) is 29.8 Å². The van der Waals surface area contributed by atoms with Crippen molar-refractivity contribution in [1.29, 1.82) is 0 Å². The Morgan fingerprint density at radius 1 is 1.03 bits per heavy atom. The normalized spacial score (nSPS) is 30.6. The van der Waals surface area contributed by atoms with E-state index in [1.54, 1.807) is 7.11 Å². The number of nitrogens with one attached hydrogen (secondary N) is 2. The van der Waals surface area contributed by atoms with Crippen LogP contribution < -0.4 is 15.4 Å². The van der Waals surface area contributed by atoms with Gasteiger partial charge in [0, 0.05) is 6.42 Å². The van der Waals surface area contributed by atoms with Crippen LogP contribution in [0.15, 0.2) is 24.3 Å². The summed E-state index contributed by atoms with van der Waals surface area (Å²) < 4.78 is 5.19. The SMILES string of the molecule is CCC(NC(=O)CNC(=O)CC12CC3CC(CC(C3)C1)C2)c1ccc(OC)cc1. The van der Waals surface area contributed by atoms with Crippen molar-refractivity contribution in [2.45, 2.75) is 64.3 Å². The van der Waals surface area contributed by atoms with Gasteiger partial charge in [0.25, 0.3) is 0 Å². The molecule has 1 atom stereocenters. The zero-order valence-electron chi connectivity index (χ0n) is 17.7. The second kappa shape index (κ2) is 8.37. The summed E-state index contributed by atoms with van der Waals surface area (Å²) in [6, 6.07) is 7.68. The third-order valence-electron chi connectivity index (χ3n) is 7.41. The molecule has 29 heavy (non-hydrogen) atoms. The van der Waals surface area contributed by atoms with Gasteiger partial charge in [0.15, 0.2) is 0 Å². The van der Waals surface area contributed by atoms with E-state index < -0.39 is 0 Å². The first-order valence-electron chi connectivity index (χ1n) is 11.2. The van der Waals surface area contributed by atoms with Gasteiger partial charge in [-0.3, -0.25) is 9.59 Å². The molecule has 0 saturated heterocycles. The molecule has 2 N–H and O–H groups in total. The highest BCUT2D eigenvalue weighted by molar-refractivity contribution is 5.85. The van der Waals surface area contributed by atoms with Gasteiger partial charge < -0.3 is 15.4 Å². The number of ether oxygens (including phenoxy) is 1.